The van der Waals surface area contributed by atoms with Crippen molar-refractivity contribution in [3.05, 3.63) is 59.9 Å². The van der Waals surface area contributed by atoms with Gasteiger partial charge in [0.1, 0.15) is 5.75 Å². The first-order valence-corrected chi connectivity index (χ1v) is 7.05. The van der Waals surface area contributed by atoms with Crippen molar-refractivity contribution >= 4 is 18.3 Å². The lowest BCUT2D eigenvalue weighted by molar-refractivity contribution is -0.122. The van der Waals surface area contributed by atoms with Crippen molar-refractivity contribution in [1.82, 2.24) is 5.32 Å². The van der Waals surface area contributed by atoms with Gasteiger partial charge in [0.05, 0.1) is 12.1 Å². The molecule has 0 spiro atoms. The van der Waals surface area contributed by atoms with Crippen molar-refractivity contribution in [2.45, 2.75) is 25.9 Å². The highest BCUT2D eigenvalue weighted by molar-refractivity contribution is 5.85. The number of amides is 1. The minimum Gasteiger partial charge on any atom is -0.454 e. The molecule has 6 heteroatoms. The molecule has 0 aliphatic heterocycles. The number of hydrogen-bond acceptors (Lipinski definition) is 3. The molecule has 0 saturated carbocycles. The highest BCUT2D eigenvalue weighted by Gasteiger charge is 2.14. The third kappa shape index (κ3) is 5.23. The Balaban J connectivity index is 0.00000264. The van der Waals surface area contributed by atoms with Gasteiger partial charge in [0, 0.05) is 0 Å². The Bertz CT molecular complexity index is 650. The summed E-state index contributed by atoms with van der Waals surface area (Å²) in [6, 6.07) is 12.7. The molecule has 23 heavy (non-hydrogen) atoms. The average molecular weight is 339 g/mol. The highest BCUT2D eigenvalue weighted by Crippen LogP contribution is 2.26. The van der Waals surface area contributed by atoms with Crippen LogP contribution in [0.15, 0.2) is 48.5 Å². The summed E-state index contributed by atoms with van der Waals surface area (Å²) in [5, 5.41) is 2.72. The van der Waals surface area contributed by atoms with E-state index in [1.54, 1.807) is 38.1 Å². The van der Waals surface area contributed by atoms with E-state index in [1.807, 2.05) is 18.2 Å². The van der Waals surface area contributed by atoms with E-state index in [0.717, 1.165) is 0 Å². The zero-order chi connectivity index (χ0) is 16.1. The number of benzene rings is 2. The number of nitrogens with two attached hydrogens (primary N) is 1. The first-order valence-electron chi connectivity index (χ1n) is 7.05. The summed E-state index contributed by atoms with van der Waals surface area (Å²) in [6.45, 7) is 3.37. The molecule has 1 amide bonds. The van der Waals surface area contributed by atoms with Gasteiger partial charge in [-0.25, -0.2) is 4.39 Å². The second kappa shape index (κ2) is 8.50. The fourth-order valence-electron chi connectivity index (χ4n) is 1.91. The summed E-state index contributed by atoms with van der Waals surface area (Å²) in [4.78, 5) is 11.6. The number of nitrogens with one attached hydrogen (secondary N) is 1. The summed E-state index contributed by atoms with van der Waals surface area (Å²) in [6.07, 6.45) is 0. The Kier molecular flexibility index (Phi) is 7.00. The molecule has 0 saturated heterocycles. The summed E-state index contributed by atoms with van der Waals surface area (Å²) in [5.74, 6) is -0.0612. The van der Waals surface area contributed by atoms with Gasteiger partial charge in [-0.05, 0) is 43.7 Å². The van der Waals surface area contributed by atoms with Crippen LogP contribution in [0.2, 0.25) is 0 Å². The average Bonchev–Trinajstić information content (AvgIpc) is 2.50. The number of halogens is 2. The molecule has 0 aromatic heterocycles. The second-order valence-corrected chi connectivity index (χ2v) is 5.12. The number of carbonyl (C=O) groups excluding carboxylic acids is 1. The normalized spacial score (nSPS) is 12.7. The van der Waals surface area contributed by atoms with Gasteiger partial charge >= 0.3 is 0 Å². The minimum atomic E-state index is -0.604. The van der Waals surface area contributed by atoms with Gasteiger partial charge in [-0.1, -0.05) is 24.3 Å². The molecule has 2 aromatic rings. The van der Waals surface area contributed by atoms with Gasteiger partial charge in [0.25, 0.3) is 0 Å². The Labute approximate surface area is 141 Å². The van der Waals surface area contributed by atoms with Crippen LogP contribution in [0.4, 0.5) is 4.39 Å². The Morgan fingerprint density at radius 2 is 1.83 bits per heavy atom. The first-order chi connectivity index (χ1) is 10.5. The number of rotatable bonds is 5. The van der Waals surface area contributed by atoms with Gasteiger partial charge in [0.2, 0.25) is 5.91 Å². The van der Waals surface area contributed by atoms with Crippen molar-refractivity contribution in [2.24, 2.45) is 5.73 Å². The van der Waals surface area contributed by atoms with E-state index >= 15 is 0 Å². The maximum Gasteiger partial charge on any atom is 0.237 e. The molecule has 0 heterocycles. The Hall–Kier alpha value is -2.11. The molecular formula is C17H20ClFN2O2. The zero-order valence-corrected chi connectivity index (χ0v) is 13.8. The van der Waals surface area contributed by atoms with Crippen LogP contribution in [0, 0.1) is 5.82 Å². The van der Waals surface area contributed by atoms with Crippen molar-refractivity contribution in [3.63, 3.8) is 0 Å². The summed E-state index contributed by atoms with van der Waals surface area (Å²) < 4.78 is 19.6. The van der Waals surface area contributed by atoms with E-state index in [9.17, 15) is 9.18 Å². The molecule has 4 nitrogen and oxygen atoms in total. The smallest absolute Gasteiger partial charge is 0.237 e. The van der Waals surface area contributed by atoms with E-state index in [4.69, 9.17) is 10.5 Å². The molecule has 0 fully saturated rings. The number of carbonyl (C=O) groups is 1. The van der Waals surface area contributed by atoms with Crippen molar-refractivity contribution in [2.75, 3.05) is 0 Å². The van der Waals surface area contributed by atoms with Crippen LogP contribution < -0.4 is 15.8 Å². The second-order valence-electron chi connectivity index (χ2n) is 5.12. The van der Waals surface area contributed by atoms with Crippen LogP contribution in [0.5, 0.6) is 11.5 Å². The molecular weight excluding hydrogens is 319 g/mol. The summed E-state index contributed by atoms with van der Waals surface area (Å²) in [7, 11) is 0. The number of para-hydroxylation sites is 1. The molecule has 2 aromatic carbocycles. The third-order valence-corrected chi connectivity index (χ3v) is 3.20. The molecule has 1 unspecified atom stereocenters. The van der Waals surface area contributed by atoms with Crippen molar-refractivity contribution in [3.8, 4) is 11.5 Å². The maximum atomic E-state index is 14.1. The first kappa shape index (κ1) is 18.9. The van der Waals surface area contributed by atoms with Crippen molar-refractivity contribution in [1.29, 1.82) is 0 Å². The van der Waals surface area contributed by atoms with Gasteiger partial charge in [-0.15, -0.1) is 12.4 Å². The lowest BCUT2D eigenvalue weighted by Crippen LogP contribution is -2.39. The monoisotopic (exact) mass is 338 g/mol. The van der Waals surface area contributed by atoms with E-state index < -0.39 is 11.9 Å². The predicted octanol–water partition coefficient (Wildman–Crippen LogP) is 3.56. The van der Waals surface area contributed by atoms with Gasteiger partial charge in [-0.2, -0.15) is 0 Å². The Morgan fingerprint density at radius 1 is 1.17 bits per heavy atom. The standard InChI is InChI=1S/C17H19FN2O2.ClH/c1-11(19)17(21)20-12(2)13-8-9-16(15(18)10-13)22-14-6-4-3-5-7-14;/h3-12H,19H2,1-2H3,(H,20,21);1H/t11-,12?;/m1./s1. The highest BCUT2D eigenvalue weighted by atomic mass is 35.5. The van der Waals surface area contributed by atoms with Crippen LogP contribution in [0.3, 0.4) is 0 Å². The predicted molar refractivity (Wildman–Crippen MR) is 90.4 cm³/mol. The summed E-state index contributed by atoms with van der Waals surface area (Å²) >= 11 is 0. The molecule has 3 N–H and O–H groups in total. The van der Waals surface area contributed by atoms with Gasteiger partial charge in [0.15, 0.2) is 11.6 Å². The number of hydrogen-bond donors (Lipinski definition) is 2. The van der Waals surface area contributed by atoms with Crippen LogP contribution in [-0.2, 0) is 4.79 Å². The fourth-order valence-corrected chi connectivity index (χ4v) is 1.91. The molecule has 2 atom stereocenters. The number of ether oxygens (including phenoxy) is 1. The quantitative estimate of drug-likeness (QED) is 0.876. The SMILES string of the molecule is CC(NC(=O)[C@@H](C)N)c1ccc(Oc2ccccc2)c(F)c1.Cl. The zero-order valence-electron chi connectivity index (χ0n) is 13.0. The van der Waals surface area contributed by atoms with E-state index in [2.05, 4.69) is 5.32 Å². The van der Waals surface area contributed by atoms with Crippen LogP contribution in [0.1, 0.15) is 25.5 Å². The van der Waals surface area contributed by atoms with Gasteiger partial charge < -0.3 is 15.8 Å². The fraction of sp³-hybridized carbons (Fsp3) is 0.235. The Morgan fingerprint density at radius 3 is 2.39 bits per heavy atom. The maximum absolute atomic E-state index is 14.1. The molecule has 0 aliphatic rings. The summed E-state index contributed by atoms with van der Waals surface area (Å²) in [5.41, 5.74) is 6.14. The molecule has 0 bridgehead atoms. The minimum absolute atomic E-state index is 0. The molecule has 0 aliphatic carbocycles. The molecule has 0 radical (unpaired) electrons. The van der Waals surface area contributed by atoms with Crippen molar-refractivity contribution < 1.29 is 13.9 Å². The lowest BCUT2D eigenvalue weighted by atomic mass is 10.1. The largest absolute Gasteiger partial charge is 0.454 e. The van der Waals surface area contributed by atoms with Crippen LogP contribution in [0.25, 0.3) is 0 Å². The lowest BCUT2D eigenvalue weighted by Gasteiger charge is -2.17. The topological polar surface area (TPSA) is 64.4 Å². The van der Waals surface area contributed by atoms with E-state index in [0.29, 0.717) is 11.3 Å². The molecule has 2 rings (SSSR count). The van der Waals surface area contributed by atoms with E-state index in [1.165, 1.54) is 6.07 Å². The molecule has 124 valence electrons. The van der Waals surface area contributed by atoms with E-state index in [-0.39, 0.29) is 30.1 Å². The van der Waals surface area contributed by atoms with Crippen LogP contribution in [-0.4, -0.2) is 11.9 Å². The third-order valence-electron chi connectivity index (χ3n) is 3.20. The van der Waals surface area contributed by atoms with Crippen LogP contribution >= 0.6 is 12.4 Å². The van der Waals surface area contributed by atoms with Gasteiger partial charge in [-0.3, -0.25) is 4.79 Å².